The van der Waals surface area contributed by atoms with Crippen LogP contribution >= 0.6 is 12.4 Å². The minimum atomic E-state index is -0.529. The third-order valence-corrected chi connectivity index (χ3v) is 3.30. The fourth-order valence-electron chi connectivity index (χ4n) is 1.76. The summed E-state index contributed by atoms with van der Waals surface area (Å²) in [4.78, 5) is 23.2. The molecule has 0 unspecified atom stereocenters. The van der Waals surface area contributed by atoms with Gasteiger partial charge in [0.05, 0.1) is 18.7 Å². The topological polar surface area (TPSA) is 81.4 Å². The molecule has 0 aliphatic rings. The molecule has 0 bridgehead atoms. The predicted octanol–water partition coefficient (Wildman–Crippen LogP) is 1.93. The van der Waals surface area contributed by atoms with Gasteiger partial charge in [0.2, 0.25) is 5.91 Å². The molecule has 0 heterocycles. The van der Waals surface area contributed by atoms with Gasteiger partial charge in [-0.1, -0.05) is 32.9 Å². The highest BCUT2D eigenvalue weighted by Gasteiger charge is 2.26. The number of nitrogens with one attached hydrogen (secondary N) is 1. The minimum absolute atomic E-state index is 0. The molecule has 0 fully saturated rings. The number of nitrogens with two attached hydrogens (primary N) is 1. The van der Waals surface area contributed by atoms with Crippen molar-refractivity contribution in [2.75, 3.05) is 13.7 Å². The van der Waals surface area contributed by atoms with E-state index >= 15 is 0 Å². The Balaban J connectivity index is 0.00000441. The standard InChI is InChI=1S/C16H24N2O3.ClH/c1-16(2,3)13(17)14(19)18-10-9-11-5-7-12(8-6-11)15(20)21-4;/h5-8,13H,9-10,17H2,1-4H3,(H,18,19);1H/t13-;/m1./s1. The molecule has 124 valence electrons. The van der Waals surface area contributed by atoms with Crippen LogP contribution in [0.15, 0.2) is 24.3 Å². The van der Waals surface area contributed by atoms with E-state index in [1.807, 2.05) is 32.9 Å². The van der Waals surface area contributed by atoms with Crippen LogP contribution in [0.5, 0.6) is 0 Å². The second-order valence-corrected chi connectivity index (χ2v) is 6.07. The van der Waals surface area contributed by atoms with Gasteiger partial charge in [0.25, 0.3) is 0 Å². The highest BCUT2D eigenvalue weighted by Crippen LogP contribution is 2.17. The average molecular weight is 329 g/mol. The van der Waals surface area contributed by atoms with Crippen molar-refractivity contribution in [1.82, 2.24) is 5.32 Å². The van der Waals surface area contributed by atoms with E-state index in [1.54, 1.807) is 12.1 Å². The van der Waals surface area contributed by atoms with Crippen molar-refractivity contribution in [3.63, 3.8) is 0 Å². The van der Waals surface area contributed by atoms with Crippen LogP contribution in [0.4, 0.5) is 0 Å². The lowest BCUT2D eigenvalue weighted by Gasteiger charge is -2.25. The van der Waals surface area contributed by atoms with E-state index in [0.717, 1.165) is 5.56 Å². The first kappa shape index (κ1) is 20.4. The second-order valence-electron chi connectivity index (χ2n) is 6.07. The molecule has 0 spiro atoms. The number of ether oxygens (including phenoxy) is 1. The normalized spacial score (nSPS) is 12.0. The number of hydrogen-bond acceptors (Lipinski definition) is 4. The molecule has 1 atom stereocenters. The Labute approximate surface area is 138 Å². The largest absolute Gasteiger partial charge is 0.465 e. The zero-order valence-corrected chi connectivity index (χ0v) is 14.3. The summed E-state index contributed by atoms with van der Waals surface area (Å²) in [6.07, 6.45) is 0.685. The van der Waals surface area contributed by atoms with Crippen molar-refractivity contribution >= 4 is 24.3 Å². The van der Waals surface area contributed by atoms with Crippen LogP contribution in [-0.2, 0) is 16.0 Å². The fraction of sp³-hybridized carbons (Fsp3) is 0.500. The number of amides is 1. The summed E-state index contributed by atoms with van der Waals surface area (Å²) in [5.74, 6) is -0.500. The van der Waals surface area contributed by atoms with Crippen LogP contribution in [-0.4, -0.2) is 31.6 Å². The van der Waals surface area contributed by atoms with Gasteiger partial charge >= 0.3 is 5.97 Å². The first-order valence-corrected chi connectivity index (χ1v) is 6.96. The van der Waals surface area contributed by atoms with Gasteiger partial charge in [-0.15, -0.1) is 12.4 Å². The Morgan fingerprint density at radius 3 is 2.23 bits per heavy atom. The lowest BCUT2D eigenvalue weighted by atomic mass is 9.87. The van der Waals surface area contributed by atoms with Crippen molar-refractivity contribution < 1.29 is 14.3 Å². The predicted molar refractivity (Wildman–Crippen MR) is 89.2 cm³/mol. The number of benzene rings is 1. The van der Waals surface area contributed by atoms with E-state index < -0.39 is 6.04 Å². The lowest BCUT2D eigenvalue weighted by molar-refractivity contribution is -0.124. The van der Waals surface area contributed by atoms with Gasteiger partial charge in [0, 0.05) is 6.54 Å². The van der Waals surface area contributed by atoms with Crippen molar-refractivity contribution in [1.29, 1.82) is 0 Å². The van der Waals surface area contributed by atoms with Crippen LogP contribution < -0.4 is 11.1 Å². The lowest BCUT2D eigenvalue weighted by Crippen LogP contribution is -2.48. The molecular weight excluding hydrogens is 304 g/mol. The molecular formula is C16H25ClN2O3. The molecule has 22 heavy (non-hydrogen) atoms. The molecule has 1 aromatic carbocycles. The van der Waals surface area contributed by atoms with Gasteiger partial charge < -0.3 is 15.8 Å². The van der Waals surface area contributed by atoms with Crippen LogP contribution in [0.3, 0.4) is 0 Å². The van der Waals surface area contributed by atoms with Crippen molar-refractivity contribution in [2.24, 2.45) is 11.1 Å². The first-order valence-electron chi connectivity index (χ1n) is 6.96. The SMILES string of the molecule is COC(=O)c1ccc(CCNC(=O)[C@@H](N)C(C)(C)C)cc1.Cl. The van der Waals surface area contributed by atoms with Gasteiger partial charge in [0.1, 0.15) is 0 Å². The number of hydrogen-bond donors (Lipinski definition) is 2. The molecule has 1 rings (SSSR count). The van der Waals surface area contributed by atoms with E-state index in [1.165, 1.54) is 7.11 Å². The molecule has 0 aliphatic heterocycles. The third kappa shape index (κ3) is 6.03. The number of carbonyl (C=O) groups is 2. The molecule has 0 radical (unpaired) electrons. The van der Waals surface area contributed by atoms with Crippen LogP contribution in [0.2, 0.25) is 0 Å². The van der Waals surface area contributed by atoms with E-state index in [-0.39, 0.29) is 29.7 Å². The monoisotopic (exact) mass is 328 g/mol. The number of carbonyl (C=O) groups excluding carboxylic acids is 2. The summed E-state index contributed by atoms with van der Waals surface area (Å²) < 4.78 is 4.64. The number of halogens is 1. The van der Waals surface area contributed by atoms with Crippen molar-refractivity contribution in [3.8, 4) is 0 Å². The van der Waals surface area contributed by atoms with E-state index in [0.29, 0.717) is 18.5 Å². The Bertz CT molecular complexity index is 495. The third-order valence-electron chi connectivity index (χ3n) is 3.30. The number of esters is 1. The molecule has 3 N–H and O–H groups in total. The number of rotatable bonds is 5. The molecule has 0 saturated heterocycles. The molecule has 1 amide bonds. The average Bonchev–Trinajstić information content (AvgIpc) is 2.45. The summed E-state index contributed by atoms with van der Waals surface area (Å²) >= 11 is 0. The van der Waals surface area contributed by atoms with Gasteiger partial charge in [0.15, 0.2) is 0 Å². The Morgan fingerprint density at radius 1 is 1.23 bits per heavy atom. The fourth-order valence-corrected chi connectivity index (χ4v) is 1.76. The summed E-state index contributed by atoms with van der Waals surface area (Å²) in [5.41, 5.74) is 7.17. The van der Waals surface area contributed by atoms with Gasteiger partial charge in [-0.3, -0.25) is 4.79 Å². The smallest absolute Gasteiger partial charge is 0.337 e. The van der Waals surface area contributed by atoms with Gasteiger partial charge in [-0.2, -0.15) is 0 Å². The molecule has 5 nitrogen and oxygen atoms in total. The summed E-state index contributed by atoms with van der Waals surface area (Å²) in [6.45, 7) is 6.31. The van der Waals surface area contributed by atoms with E-state index in [2.05, 4.69) is 10.1 Å². The highest BCUT2D eigenvalue weighted by atomic mass is 35.5. The molecule has 0 aromatic heterocycles. The van der Waals surface area contributed by atoms with E-state index in [9.17, 15) is 9.59 Å². The molecule has 0 saturated carbocycles. The molecule has 0 aliphatic carbocycles. The molecule has 6 heteroatoms. The van der Waals surface area contributed by atoms with E-state index in [4.69, 9.17) is 5.73 Å². The number of methoxy groups -OCH3 is 1. The zero-order chi connectivity index (χ0) is 16.0. The van der Waals surface area contributed by atoms with Crippen LogP contribution in [0.25, 0.3) is 0 Å². The maximum absolute atomic E-state index is 11.9. The Hall–Kier alpha value is -1.59. The van der Waals surface area contributed by atoms with Crippen molar-refractivity contribution in [2.45, 2.75) is 33.2 Å². The van der Waals surface area contributed by atoms with Gasteiger partial charge in [-0.25, -0.2) is 4.79 Å². The summed E-state index contributed by atoms with van der Waals surface area (Å²) in [6, 6.07) is 6.59. The second kappa shape index (κ2) is 8.76. The Morgan fingerprint density at radius 2 is 1.77 bits per heavy atom. The van der Waals surface area contributed by atoms with Gasteiger partial charge in [-0.05, 0) is 29.5 Å². The maximum Gasteiger partial charge on any atom is 0.337 e. The minimum Gasteiger partial charge on any atom is -0.465 e. The maximum atomic E-state index is 11.9. The van der Waals surface area contributed by atoms with Crippen LogP contribution in [0.1, 0.15) is 36.7 Å². The Kier molecular flexibility index (Phi) is 8.12. The first-order chi connectivity index (χ1) is 9.75. The van der Waals surface area contributed by atoms with Crippen LogP contribution in [0, 0.1) is 5.41 Å². The molecule has 1 aromatic rings. The quantitative estimate of drug-likeness (QED) is 0.809. The van der Waals surface area contributed by atoms with Crippen molar-refractivity contribution in [3.05, 3.63) is 35.4 Å². The highest BCUT2D eigenvalue weighted by molar-refractivity contribution is 5.89. The summed E-state index contributed by atoms with van der Waals surface area (Å²) in [5, 5.41) is 2.83. The zero-order valence-electron chi connectivity index (χ0n) is 13.5. The summed E-state index contributed by atoms with van der Waals surface area (Å²) in [7, 11) is 1.35.